The number of carboxylic acids is 4. The number of rotatable bonds is 24. The van der Waals surface area contributed by atoms with Gasteiger partial charge in [0.1, 0.15) is 0 Å². The molecule has 45 heavy (non-hydrogen) atoms. The van der Waals surface area contributed by atoms with E-state index in [0.717, 1.165) is 0 Å². The predicted octanol–water partition coefficient (Wildman–Crippen LogP) is -7.55. The minimum atomic E-state index is -1.31. The van der Waals surface area contributed by atoms with E-state index in [1.54, 1.807) is 0 Å². The van der Waals surface area contributed by atoms with Gasteiger partial charge >= 0.3 is 23.9 Å². The summed E-state index contributed by atoms with van der Waals surface area (Å²) in [5, 5.41) is 112. The van der Waals surface area contributed by atoms with Gasteiger partial charge in [0, 0.05) is 39.3 Å². The van der Waals surface area contributed by atoms with Crippen molar-refractivity contribution in [1.82, 2.24) is 20.0 Å². The fourth-order valence-electron chi connectivity index (χ4n) is 2.81. The van der Waals surface area contributed by atoms with Crippen molar-refractivity contribution in [2.24, 2.45) is 0 Å². The highest BCUT2D eigenvalue weighted by molar-refractivity contribution is 5.70. The Balaban J connectivity index is -0.000000249. The molecule has 0 aromatic carbocycles. The van der Waals surface area contributed by atoms with Gasteiger partial charge in [-0.1, -0.05) is 0 Å². The van der Waals surface area contributed by atoms with Gasteiger partial charge in [-0.3, -0.25) is 39.2 Å². The topological polar surface area (TPSA) is 353 Å². The summed E-state index contributed by atoms with van der Waals surface area (Å²) in [5.41, 5.74) is -1.31. The molecule has 0 amide bonds. The minimum Gasteiger partial charge on any atom is -0.480 e. The van der Waals surface area contributed by atoms with E-state index in [1.807, 2.05) is 0 Å². The average Bonchev–Trinajstić information content (AvgIpc) is 2.95. The highest BCUT2D eigenvalue weighted by atomic mass is 16.4. The lowest BCUT2D eigenvalue weighted by molar-refractivity contribution is -0.139. The first-order valence-electron chi connectivity index (χ1n) is 13.5. The maximum Gasteiger partial charge on any atom is 0.317 e. The van der Waals surface area contributed by atoms with E-state index in [-0.39, 0.29) is 98.5 Å². The molecule has 0 atom stereocenters. The largest absolute Gasteiger partial charge is 0.480 e. The number of aliphatic carboxylic acids is 4. The molecular formula is C24H52N4O17. The van der Waals surface area contributed by atoms with E-state index in [0.29, 0.717) is 0 Å². The van der Waals surface area contributed by atoms with Gasteiger partial charge in [-0.15, -0.1) is 0 Å². The number of carboxylic acid groups (broad SMARTS) is 4. The first-order valence-corrected chi connectivity index (χ1v) is 13.5. The SMILES string of the molecule is O=C(O)CN(CCO)CCO.O=C(O)CN(CCO)CCO.O=C(O)CN(CCO)CCO.O=C(O)CNC(CO)(CO)CO. The second-order valence-electron chi connectivity index (χ2n) is 8.85. The van der Waals surface area contributed by atoms with Crippen LogP contribution < -0.4 is 5.32 Å². The third-order valence-corrected chi connectivity index (χ3v) is 5.10. The van der Waals surface area contributed by atoms with Crippen molar-refractivity contribution < 1.29 is 85.6 Å². The maximum absolute atomic E-state index is 10.2. The second kappa shape index (κ2) is 34.2. The molecule has 21 nitrogen and oxygen atoms in total. The minimum absolute atomic E-state index is 0.0900. The monoisotopic (exact) mass is 668 g/mol. The Morgan fingerprint density at radius 3 is 0.778 bits per heavy atom. The van der Waals surface area contributed by atoms with Crippen molar-refractivity contribution in [2.75, 3.05) is 125 Å². The summed E-state index contributed by atoms with van der Waals surface area (Å²) >= 11 is 0. The summed E-state index contributed by atoms with van der Waals surface area (Å²) in [5.74, 6) is -3.97. The molecule has 0 rings (SSSR count). The van der Waals surface area contributed by atoms with Crippen LogP contribution in [0.1, 0.15) is 0 Å². The molecule has 0 bridgehead atoms. The molecule has 0 radical (unpaired) electrons. The molecule has 0 unspecified atom stereocenters. The van der Waals surface area contributed by atoms with Crippen molar-refractivity contribution in [3.05, 3.63) is 0 Å². The van der Waals surface area contributed by atoms with E-state index in [4.69, 9.17) is 66.4 Å². The zero-order valence-corrected chi connectivity index (χ0v) is 25.2. The average molecular weight is 669 g/mol. The van der Waals surface area contributed by atoms with Crippen LogP contribution in [0.5, 0.6) is 0 Å². The lowest BCUT2D eigenvalue weighted by Crippen LogP contribution is -2.56. The number of nitrogens with zero attached hydrogens (tertiary/aromatic N) is 3. The van der Waals surface area contributed by atoms with Crippen molar-refractivity contribution >= 4 is 23.9 Å². The fourth-order valence-corrected chi connectivity index (χ4v) is 2.81. The van der Waals surface area contributed by atoms with Gasteiger partial charge in [0.2, 0.25) is 0 Å². The smallest absolute Gasteiger partial charge is 0.317 e. The second-order valence-corrected chi connectivity index (χ2v) is 8.85. The van der Waals surface area contributed by atoms with Crippen LogP contribution in [0.2, 0.25) is 0 Å². The third-order valence-electron chi connectivity index (χ3n) is 5.10. The number of aliphatic hydroxyl groups excluding tert-OH is 9. The number of hydrogen-bond donors (Lipinski definition) is 14. The summed E-state index contributed by atoms with van der Waals surface area (Å²) in [7, 11) is 0. The highest BCUT2D eigenvalue weighted by Gasteiger charge is 2.27. The predicted molar refractivity (Wildman–Crippen MR) is 154 cm³/mol. The van der Waals surface area contributed by atoms with Crippen LogP contribution in [0.4, 0.5) is 0 Å². The van der Waals surface area contributed by atoms with Crippen LogP contribution in [-0.2, 0) is 19.2 Å². The number of nitrogens with one attached hydrogen (secondary N) is 1. The van der Waals surface area contributed by atoms with E-state index in [2.05, 4.69) is 5.32 Å². The van der Waals surface area contributed by atoms with Gasteiger partial charge in [-0.25, -0.2) is 0 Å². The molecular weight excluding hydrogens is 616 g/mol. The van der Waals surface area contributed by atoms with Crippen LogP contribution in [0, 0.1) is 0 Å². The van der Waals surface area contributed by atoms with Crippen molar-refractivity contribution in [1.29, 1.82) is 0 Å². The Bertz CT molecular complexity index is 639. The first kappa shape index (κ1) is 49.2. The summed E-state index contributed by atoms with van der Waals surface area (Å²) in [4.78, 5) is 44.9. The molecule has 0 aliphatic carbocycles. The number of carbonyl (C=O) groups is 4. The summed E-state index contributed by atoms with van der Waals surface area (Å²) < 4.78 is 0. The van der Waals surface area contributed by atoms with Crippen LogP contribution >= 0.6 is 0 Å². The van der Waals surface area contributed by atoms with E-state index in [1.165, 1.54) is 14.7 Å². The molecule has 0 aliphatic rings. The van der Waals surface area contributed by atoms with E-state index < -0.39 is 55.8 Å². The zero-order valence-electron chi connectivity index (χ0n) is 25.2. The highest BCUT2D eigenvalue weighted by Crippen LogP contribution is 2.00. The molecule has 0 fully saturated rings. The molecule has 0 aromatic heterocycles. The van der Waals surface area contributed by atoms with Gasteiger partial charge in [0.05, 0.1) is 91.2 Å². The van der Waals surface area contributed by atoms with E-state index >= 15 is 0 Å². The Kier molecular flexibility index (Phi) is 37.5. The van der Waals surface area contributed by atoms with Crippen LogP contribution in [0.3, 0.4) is 0 Å². The number of hydrogen-bond acceptors (Lipinski definition) is 17. The molecule has 0 saturated carbocycles. The fraction of sp³-hybridized carbons (Fsp3) is 0.833. The Labute approximate surface area is 260 Å². The van der Waals surface area contributed by atoms with Crippen LogP contribution in [-0.4, -0.2) is 235 Å². The Morgan fingerprint density at radius 2 is 0.644 bits per heavy atom. The van der Waals surface area contributed by atoms with Crippen molar-refractivity contribution in [3.8, 4) is 0 Å². The standard InChI is InChI=1S/C6H13NO5.3C6H13NO4/c8-2-6(3-9,4-10)7-1-5(11)12;3*8-3-1-7(2-4-9)5-6(10)11/h7-10H,1-4H2,(H,11,12);3*8-9H,1-5H2,(H,10,11). The van der Waals surface area contributed by atoms with E-state index in [9.17, 15) is 19.2 Å². The quantitative estimate of drug-likeness (QED) is 0.0454. The molecule has 0 aromatic rings. The van der Waals surface area contributed by atoms with Gasteiger partial charge in [0.25, 0.3) is 0 Å². The van der Waals surface area contributed by atoms with Gasteiger partial charge in [0.15, 0.2) is 0 Å². The number of aliphatic hydroxyl groups is 9. The van der Waals surface area contributed by atoms with Crippen LogP contribution in [0.25, 0.3) is 0 Å². The molecule has 14 N–H and O–H groups in total. The Morgan fingerprint density at radius 1 is 0.422 bits per heavy atom. The zero-order chi connectivity index (χ0) is 35.7. The summed E-state index contributed by atoms with van der Waals surface area (Å²) in [6.07, 6.45) is 0. The third kappa shape index (κ3) is 35.7. The molecule has 0 spiro atoms. The van der Waals surface area contributed by atoms with Gasteiger partial charge in [-0.05, 0) is 0 Å². The van der Waals surface area contributed by atoms with Crippen LogP contribution in [0.15, 0.2) is 0 Å². The summed E-state index contributed by atoms with van der Waals surface area (Å²) in [6.45, 7) is -1.22. The van der Waals surface area contributed by atoms with Gasteiger partial charge < -0.3 is 66.4 Å². The van der Waals surface area contributed by atoms with Gasteiger partial charge in [-0.2, -0.15) is 0 Å². The normalized spacial score (nSPS) is 10.8. The maximum atomic E-state index is 10.2. The molecule has 0 aliphatic heterocycles. The Hall–Kier alpha value is -2.64. The summed E-state index contributed by atoms with van der Waals surface area (Å²) in [6, 6.07) is 0. The molecule has 0 heterocycles. The molecule has 0 saturated heterocycles. The molecule has 21 heteroatoms. The molecule has 270 valence electrons. The van der Waals surface area contributed by atoms with Crippen molar-refractivity contribution in [2.45, 2.75) is 5.54 Å². The van der Waals surface area contributed by atoms with Crippen molar-refractivity contribution in [3.63, 3.8) is 0 Å². The lowest BCUT2D eigenvalue weighted by atomic mass is 10.0. The lowest BCUT2D eigenvalue weighted by Gasteiger charge is -2.27. The first-order chi connectivity index (χ1) is 21.2.